The molecule has 2 heterocycles. The van der Waals surface area contributed by atoms with Crippen LogP contribution in [0.4, 0.5) is 0 Å². The van der Waals surface area contributed by atoms with Gasteiger partial charge in [-0.3, -0.25) is 5.10 Å². The molecule has 0 aliphatic rings. The van der Waals surface area contributed by atoms with E-state index in [1.807, 2.05) is 31.2 Å². The molecule has 6 heteroatoms. The highest BCUT2D eigenvalue weighted by Gasteiger charge is 2.12. The van der Waals surface area contributed by atoms with Crippen LogP contribution in [-0.2, 0) is 0 Å². The normalized spacial score (nSPS) is 10.9. The molecule has 6 nitrogen and oxygen atoms in total. The summed E-state index contributed by atoms with van der Waals surface area (Å²) < 4.78 is 1.50. The van der Waals surface area contributed by atoms with E-state index >= 15 is 0 Å². The van der Waals surface area contributed by atoms with Crippen molar-refractivity contribution in [1.82, 2.24) is 19.6 Å². The van der Waals surface area contributed by atoms with Gasteiger partial charge in [-0.1, -0.05) is 29.8 Å². The van der Waals surface area contributed by atoms with E-state index in [9.17, 15) is 4.79 Å². The molecule has 0 amide bonds. The topological polar surface area (TPSA) is 83.3 Å². The third kappa shape index (κ3) is 1.64. The van der Waals surface area contributed by atoms with Crippen LogP contribution in [-0.4, -0.2) is 30.7 Å². The first kappa shape index (κ1) is 10.5. The monoisotopic (exact) mass is 242 g/mol. The first-order chi connectivity index (χ1) is 8.63. The Hall–Kier alpha value is -2.63. The number of aromatic amines is 1. The molecule has 0 spiro atoms. The fourth-order valence-electron chi connectivity index (χ4n) is 1.71. The van der Waals surface area contributed by atoms with Crippen LogP contribution in [0.1, 0.15) is 16.1 Å². The summed E-state index contributed by atoms with van der Waals surface area (Å²) in [5.74, 6) is -0.0526. The molecule has 0 saturated carbocycles. The number of carboxylic acids is 1. The second-order valence-electron chi connectivity index (χ2n) is 4.04. The third-order valence-electron chi connectivity index (χ3n) is 2.67. The van der Waals surface area contributed by atoms with Crippen LogP contribution in [0.5, 0.6) is 0 Å². The van der Waals surface area contributed by atoms with Gasteiger partial charge < -0.3 is 5.11 Å². The quantitative estimate of drug-likeness (QED) is 0.716. The average Bonchev–Trinajstić information content (AvgIpc) is 2.87. The molecule has 2 N–H and O–H groups in total. The van der Waals surface area contributed by atoms with E-state index in [4.69, 9.17) is 5.11 Å². The largest absolute Gasteiger partial charge is 0.476 e. The number of carbonyl (C=O) groups is 1. The lowest BCUT2D eigenvalue weighted by Crippen LogP contribution is -1.96. The molecule has 0 aliphatic heterocycles. The smallest absolute Gasteiger partial charge is 0.356 e. The number of imidazole rings is 1. The van der Waals surface area contributed by atoms with Crippen molar-refractivity contribution in [2.75, 3.05) is 0 Å². The summed E-state index contributed by atoms with van der Waals surface area (Å²) in [6, 6.07) is 7.88. The van der Waals surface area contributed by atoms with Crippen LogP contribution < -0.4 is 0 Å². The number of carboxylic acid groups (broad SMARTS) is 1. The molecule has 18 heavy (non-hydrogen) atoms. The maximum Gasteiger partial charge on any atom is 0.356 e. The predicted molar refractivity (Wildman–Crippen MR) is 64.5 cm³/mol. The summed E-state index contributed by atoms with van der Waals surface area (Å²) in [6.07, 6.45) is 1.41. The number of fused-ring (bicyclic) bond motifs is 1. The molecule has 3 aromatic rings. The summed E-state index contributed by atoms with van der Waals surface area (Å²) in [5.41, 5.74) is 2.08. The molecule has 0 saturated heterocycles. The van der Waals surface area contributed by atoms with Gasteiger partial charge >= 0.3 is 5.97 Å². The van der Waals surface area contributed by atoms with Crippen LogP contribution in [0.2, 0.25) is 0 Å². The van der Waals surface area contributed by atoms with Gasteiger partial charge in [-0.25, -0.2) is 14.3 Å². The van der Waals surface area contributed by atoms with Crippen molar-refractivity contribution < 1.29 is 9.90 Å². The number of aromatic carboxylic acids is 1. The van der Waals surface area contributed by atoms with Gasteiger partial charge in [0.05, 0.1) is 6.20 Å². The molecule has 3 rings (SSSR count). The molecular formula is C12H10N4O2. The van der Waals surface area contributed by atoms with Gasteiger partial charge in [0.1, 0.15) is 0 Å². The molecule has 90 valence electrons. The SMILES string of the molecule is Cc1ccc(-c2nc3nc(C(=O)O)cn3[nH]2)cc1. The highest BCUT2D eigenvalue weighted by atomic mass is 16.4. The Morgan fingerprint density at radius 2 is 2.00 bits per heavy atom. The average molecular weight is 242 g/mol. The number of hydrogen-bond acceptors (Lipinski definition) is 3. The van der Waals surface area contributed by atoms with Crippen molar-refractivity contribution in [2.45, 2.75) is 6.92 Å². The number of aryl methyl sites for hydroxylation is 1. The molecule has 2 aromatic heterocycles. The minimum absolute atomic E-state index is 0.0239. The molecule has 0 bridgehead atoms. The summed E-state index contributed by atoms with van der Waals surface area (Å²) in [6.45, 7) is 2.01. The first-order valence-corrected chi connectivity index (χ1v) is 5.39. The van der Waals surface area contributed by atoms with Gasteiger partial charge in [0.15, 0.2) is 11.5 Å². The van der Waals surface area contributed by atoms with Crippen LogP contribution in [0.3, 0.4) is 0 Å². The standard InChI is InChI=1S/C12H10N4O2/c1-7-2-4-8(5-3-7)10-14-12-13-9(11(17)18)6-16(12)15-10/h2-6H,1H3,(H,17,18)(H,13,14,15). The predicted octanol–water partition coefficient (Wildman–Crippen LogP) is 1.73. The van der Waals surface area contributed by atoms with Crippen molar-refractivity contribution >= 4 is 11.7 Å². The van der Waals surface area contributed by atoms with Crippen molar-refractivity contribution in [3.8, 4) is 11.4 Å². The zero-order chi connectivity index (χ0) is 12.7. The molecular weight excluding hydrogens is 232 g/mol. The van der Waals surface area contributed by atoms with Crippen LogP contribution in [0, 0.1) is 6.92 Å². The summed E-state index contributed by atoms with van der Waals surface area (Å²) >= 11 is 0. The Bertz CT molecular complexity index is 693. The Labute approximate surface area is 102 Å². The number of nitrogens with zero attached hydrogens (tertiary/aromatic N) is 3. The summed E-state index contributed by atoms with van der Waals surface area (Å²) in [5, 5.41) is 11.8. The van der Waals surface area contributed by atoms with Crippen LogP contribution >= 0.6 is 0 Å². The maximum atomic E-state index is 10.7. The minimum Gasteiger partial charge on any atom is -0.476 e. The lowest BCUT2D eigenvalue weighted by molar-refractivity contribution is 0.0691. The fourth-order valence-corrected chi connectivity index (χ4v) is 1.71. The van der Waals surface area contributed by atoms with E-state index in [-0.39, 0.29) is 5.69 Å². The third-order valence-corrected chi connectivity index (χ3v) is 2.67. The summed E-state index contributed by atoms with van der Waals surface area (Å²) in [7, 11) is 0. The second kappa shape index (κ2) is 3.69. The highest BCUT2D eigenvalue weighted by molar-refractivity contribution is 5.85. The molecule has 0 fully saturated rings. The maximum absolute atomic E-state index is 10.7. The van der Waals surface area contributed by atoms with E-state index in [0.717, 1.165) is 5.56 Å². The fraction of sp³-hybridized carbons (Fsp3) is 0.0833. The number of benzene rings is 1. The number of hydrogen-bond donors (Lipinski definition) is 2. The molecule has 1 aromatic carbocycles. The number of rotatable bonds is 2. The van der Waals surface area contributed by atoms with Gasteiger partial charge in [-0.05, 0) is 6.92 Å². The molecule has 0 unspecified atom stereocenters. The van der Waals surface area contributed by atoms with E-state index < -0.39 is 5.97 Å². The van der Waals surface area contributed by atoms with Crippen molar-refractivity contribution in [3.05, 3.63) is 41.7 Å². The van der Waals surface area contributed by atoms with Gasteiger partial charge in [-0.15, -0.1) is 0 Å². The van der Waals surface area contributed by atoms with E-state index in [1.165, 1.54) is 16.3 Å². The second-order valence-corrected chi connectivity index (χ2v) is 4.04. The zero-order valence-electron chi connectivity index (χ0n) is 9.58. The lowest BCUT2D eigenvalue weighted by Gasteiger charge is -1.96. The Morgan fingerprint density at radius 3 is 2.61 bits per heavy atom. The molecule has 0 radical (unpaired) electrons. The van der Waals surface area contributed by atoms with Gasteiger partial charge in [0, 0.05) is 5.56 Å². The number of aromatic nitrogens is 4. The van der Waals surface area contributed by atoms with E-state index in [2.05, 4.69) is 15.1 Å². The zero-order valence-corrected chi connectivity index (χ0v) is 9.58. The van der Waals surface area contributed by atoms with E-state index in [0.29, 0.717) is 11.6 Å². The van der Waals surface area contributed by atoms with Crippen molar-refractivity contribution in [3.63, 3.8) is 0 Å². The van der Waals surface area contributed by atoms with Crippen molar-refractivity contribution in [2.24, 2.45) is 0 Å². The Morgan fingerprint density at radius 1 is 1.28 bits per heavy atom. The lowest BCUT2D eigenvalue weighted by atomic mass is 10.1. The van der Waals surface area contributed by atoms with Crippen LogP contribution in [0.25, 0.3) is 17.2 Å². The summed E-state index contributed by atoms with van der Waals surface area (Å²) in [4.78, 5) is 18.9. The van der Waals surface area contributed by atoms with Crippen LogP contribution in [0.15, 0.2) is 30.5 Å². The molecule has 0 atom stereocenters. The van der Waals surface area contributed by atoms with Gasteiger partial charge in [0.2, 0.25) is 0 Å². The van der Waals surface area contributed by atoms with Gasteiger partial charge in [0.25, 0.3) is 5.78 Å². The van der Waals surface area contributed by atoms with Gasteiger partial charge in [-0.2, -0.15) is 4.98 Å². The highest BCUT2D eigenvalue weighted by Crippen LogP contribution is 2.16. The van der Waals surface area contributed by atoms with E-state index in [1.54, 1.807) is 0 Å². The first-order valence-electron chi connectivity index (χ1n) is 5.39. The Kier molecular flexibility index (Phi) is 2.16. The number of nitrogens with one attached hydrogen (secondary N) is 1. The van der Waals surface area contributed by atoms with Crippen molar-refractivity contribution in [1.29, 1.82) is 0 Å². The Balaban J connectivity index is 2.06. The number of H-pyrrole nitrogens is 1. The minimum atomic E-state index is -1.06. The molecule has 0 aliphatic carbocycles.